The van der Waals surface area contributed by atoms with Gasteiger partial charge in [-0.3, -0.25) is 52.5 Å². The second-order valence-electron chi connectivity index (χ2n) is 39.2. The molecule has 0 bridgehead atoms. The number of fused-ring (bicyclic) bond motifs is 22. The Bertz CT molecular complexity index is 4480. The first-order chi connectivity index (χ1) is 51.6. The molecular weight excluding hydrogens is 1400 g/mol. The molecule has 2 heterocycles. The fourth-order valence-corrected chi connectivity index (χ4v) is 28.9. The van der Waals surface area contributed by atoms with Gasteiger partial charge in [0.1, 0.15) is 72.0 Å². The molecule has 0 amide bonds. The van der Waals surface area contributed by atoms with Crippen molar-refractivity contribution in [2.75, 3.05) is 26.4 Å². The summed E-state index contributed by atoms with van der Waals surface area (Å²) in [6, 6.07) is 0. The molecule has 0 unspecified atom stereocenters. The molecule has 2 aromatic heterocycles. The van der Waals surface area contributed by atoms with E-state index in [1.165, 1.54) is 27.8 Å². The third-order valence-corrected chi connectivity index (χ3v) is 34.7. The van der Waals surface area contributed by atoms with Crippen LogP contribution in [0.4, 0.5) is 0 Å². The first-order valence-corrected chi connectivity index (χ1v) is 41.0. The second kappa shape index (κ2) is 26.6. The number of aliphatic hydroxyl groups excluding tert-OH is 4. The Hall–Kier alpha value is -6.43. The minimum atomic E-state index is -1.62. The summed E-state index contributed by atoms with van der Waals surface area (Å²) in [5.74, 6) is -0.865. The van der Waals surface area contributed by atoms with Gasteiger partial charge < -0.3 is 40.9 Å². The lowest BCUT2D eigenvalue weighted by atomic mass is 9.45. The Morgan fingerprint density at radius 1 is 0.445 bits per heavy atom. The molecule has 0 radical (unpaired) electrons. The van der Waals surface area contributed by atoms with E-state index in [9.17, 15) is 84.0 Å². The maximum atomic E-state index is 13.6. The number of hydrogen-bond acceptors (Lipinski definition) is 19. The largest absolute Gasteiger partial charge is 0.388 e. The number of aliphatic hydroxyl groups is 8. The summed E-state index contributed by atoms with van der Waals surface area (Å²) in [4.78, 5) is 115. The molecule has 24 atom stereocenters. The summed E-state index contributed by atoms with van der Waals surface area (Å²) in [7, 11) is 3.89. The second-order valence-corrected chi connectivity index (χ2v) is 39.2. The maximum absolute atomic E-state index is 13.6. The van der Waals surface area contributed by atoms with Gasteiger partial charge in [0.05, 0.1) is 17.6 Å². The van der Waals surface area contributed by atoms with Crippen molar-refractivity contribution in [2.45, 2.75) is 232 Å². The number of hydrogen-bond donors (Lipinski definition) is 8. The molecule has 21 nitrogen and oxygen atoms in total. The smallest absolute Gasteiger partial charge is 0.190 e. The van der Waals surface area contributed by atoms with Crippen LogP contribution in [-0.4, -0.2) is 161 Å². The van der Waals surface area contributed by atoms with E-state index in [0.717, 1.165) is 119 Å². The molecule has 0 spiro atoms. The fourth-order valence-electron chi connectivity index (χ4n) is 28.9. The van der Waals surface area contributed by atoms with Gasteiger partial charge in [-0.15, -0.1) is 0 Å². The zero-order chi connectivity index (χ0) is 79.3. The quantitative estimate of drug-likeness (QED) is 0.122. The average molecular weight is 1510 g/mol. The lowest BCUT2D eigenvalue weighted by Crippen LogP contribution is -2.61. The standard InChI is InChI=1S/2C23H30N2O4.C22H30O4.C21H26O5/c1-21-9-13-11-25(3)24-17(13)8-14(21)4-5-15-16-6-7-23(29,19(28)12-26)22(16,2)10-18(27)20(15)21;1-21-9-13-11-24-25(3)17(13)8-14(21)4-5-15-16-6-7-23(29,19(28)12-26)22(16,2)10-18(27)20(15)21;1-13-6-8-20(2)14(10-13)4-5-15-16-7-9-22(26,18(25)12-23)21(16,3)11-17(24)19(15)20;1-19-7-5-13(23)9-12(19)3-4-14-15-6-8-21(26,17(25)11-22)20(15,2)10-16(24)18(14)19/h2*8,11,15-16,20,26,29H,4-7,9-10,12H2,1-3H3;10,15-16,19,23,26H,1,4-9,11-12H2,2-3H3;5,7,9,14-15,18,22,26H,3-4,6,8,10-11H2,1-2H3/t2*15-,16-,20+,21-,22-,23-;15-,16-,19+,20-,21-,22-;14-,15-,18+,19-,20-,21-/m0000/s1. The molecule has 16 aliphatic carbocycles. The molecule has 2 aromatic rings. The van der Waals surface area contributed by atoms with E-state index in [-0.39, 0.29) is 142 Å². The highest BCUT2D eigenvalue weighted by Crippen LogP contribution is 2.72. The van der Waals surface area contributed by atoms with Crippen LogP contribution < -0.4 is 0 Å². The average Bonchev–Trinajstić information content (AvgIpc) is 1.45. The molecular formula is C89H116N4O17. The van der Waals surface area contributed by atoms with E-state index < -0.39 is 99.0 Å². The van der Waals surface area contributed by atoms with E-state index in [2.05, 4.69) is 62.0 Å². The van der Waals surface area contributed by atoms with Crippen LogP contribution in [0.25, 0.3) is 12.2 Å². The van der Waals surface area contributed by atoms with Crippen LogP contribution in [-0.2, 0) is 70.1 Å². The van der Waals surface area contributed by atoms with Crippen molar-refractivity contribution in [1.82, 2.24) is 19.6 Å². The van der Waals surface area contributed by atoms with Crippen molar-refractivity contribution in [1.29, 1.82) is 0 Å². The van der Waals surface area contributed by atoms with Crippen molar-refractivity contribution in [2.24, 2.45) is 128 Å². The van der Waals surface area contributed by atoms with Crippen molar-refractivity contribution in [3.8, 4) is 0 Å². The van der Waals surface area contributed by atoms with Gasteiger partial charge in [0.25, 0.3) is 0 Å². The molecule has 12 saturated carbocycles. The maximum Gasteiger partial charge on any atom is 0.190 e. The van der Waals surface area contributed by atoms with Gasteiger partial charge in [-0.05, 0) is 217 Å². The Balaban J connectivity index is 0.000000117. The summed E-state index contributed by atoms with van der Waals surface area (Å²) in [5, 5.41) is 91.4. The number of aromatic nitrogens is 4. The summed E-state index contributed by atoms with van der Waals surface area (Å²) in [6.07, 6.45) is 31.5. The molecule has 8 N–H and O–H groups in total. The van der Waals surface area contributed by atoms with Gasteiger partial charge in [-0.2, -0.15) is 10.2 Å². The number of Topliss-reactive ketones (excluding diaryl/α,β-unsaturated/α-hetero) is 8. The van der Waals surface area contributed by atoms with E-state index >= 15 is 0 Å². The third kappa shape index (κ3) is 10.8. The molecule has 0 saturated heterocycles. The van der Waals surface area contributed by atoms with Crippen LogP contribution >= 0.6 is 0 Å². The molecule has 16 aliphatic rings. The lowest BCUT2D eigenvalue weighted by Gasteiger charge is -2.58. The molecule has 12 fully saturated rings. The summed E-state index contributed by atoms with van der Waals surface area (Å²) >= 11 is 0. The zero-order valence-corrected chi connectivity index (χ0v) is 66.1. The highest BCUT2D eigenvalue weighted by molar-refractivity contribution is 6.02. The normalized spacial score (nSPS) is 45.1. The number of ketones is 9. The first kappa shape index (κ1) is 78.8. The number of carbonyl (C=O) groups is 9. The van der Waals surface area contributed by atoms with Crippen LogP contribution in [0.1, 0.15) is 219 Å². The fraction of sp³-hybridized carbons (Fsp3) is 0.697. The van der Waals surface area contributed by atoms with Gasteiger partial charge in [-0.1, -0.05) is 102 Å². The number of carbonyl (C=O) groups excluding carboxylic acids is 9. The van der Waals surface area contributed by atoms with Crippen LogP contribution in [0, 0.1) is 114 Å². The van der Waals surface area contributed by atoms with Gasteiger partial charge >= 0.3 is 0 Å². The van der Waals surface area contributed by atoms with E-state index in [1.54, 1.807) is 12.2 Å². The van der Waals surface area contributed by atoms with E-state index in [0.29, 0.717) is 32.1 Å². The zero-order valence-electron chi connectivity index (χ0n) is 66.1. The number of rotatable bonds is 8. The first-order valence-electron chi connectivity index (χ1n) is 41.0. The third-order valence-electron chi connectivity index (χ3n) is 34.7. The van der Waals surface area contributed by atoms with Gasteiger partial charge in [0.2, 0.25) is 0 Å². The minimum absolute atomic E-state index is 0.0137. The molecule has 110 heavy (non-hydrogen) atoms. The molecule has 18 rings (SSSR count). The van der Waals surface area contributed by atoms with Gasteiger partial charge in [-0.25, -0.2) is 0 Å². The van der Waals surface area contributed by atoms with Crippen molar-refractivity contribution in [3.05, 3.63) is 93.7 Å². The molecule has 0 aliphatic heterocycles. The van der Waals surface area contributed by atoms with Crippen molar-refractivity contribution >= 4 is 64.2 Å². The highest BCUT2D eigenvalue weighted by atomic mass is 16.3. The monoisotopic (exact) mass is 1510 g/mol. The number of aryl methyl sites for hydroxylation is 2. The Labute approximate surface area is 645 Å². The predicted octanol–water partition coefficient (Wildman–Crippen LogP) is 8.89. The van der Waals surface area contributed by atoms with Gasteiger partial charge in [0.15, 0.2) is 28.9 Å². The van der Waals surface area contributed by atoms with Crippen LogP contribution in [0.3, 0.4) is 0 Å². The Morgan fingerprint density at radius 3 is 1.23 bits per heavy atom. The van der Waals surface area contributed by atoms with Crippen molar-refractivity contribution < 1.29 is 84.0 Å². The lowest BCUT2D eigenvalue weighted by molar-refractivity contribution is -0.170. The molecule has 594 valence electrons. The number of allylic oxidation sites excluding steroid dienone is 9. The Morgan fingerprint density at radius 2 is 0.809 bits per heavy atom. The van der Waals surface area contributed by atoms with Crippen LogP contribution in [0.15, 0.2) is 71.1 Å². The Kier molecular flexibility index (Phi) is 19.0. The summed E-state index contributed by atoms with van der Waals surface area (Å²) in [5.41, 5.74) is 0.273. The minimum Gasteiger partial charge on any atom is -0.388 e. The van der Waals surface area contributed by atoms with Crippen molar-refractivity contribution in [3.63, 3.8) is 0 Å². The number of nitrogens with zero attached hydrogens (tertiary/aromatic N) is 4. The molecule has 21 heteroatoms. The van der Waals surface area contributed by atoms with Gasteiger partial charge in [0, 0.05) is 108 Å². The van der Waals surface area contributed by atoms with Crippen LogP contribution in [0.5, 0.6) is 0 Å². The highest BCUT2D eigenvalue weighted by Gasteiger charge is 2.73. The van der Waals surface area contributed by atoms with E-state index in [4.69, 9.17) is 0 Å². The van der Waals surface area contributed by atoms with Crippen LogP contribution in [0.2, 0.25) is 0 Å². The summed E-state index contributed by atoms with van der Waals surface area (Å²) in [6.45, 7) is 17.7. The molecule has 0 aromatic carbocycles. The van der Waals surface area contributed by atoms with E-state index in [1.807, 2.05) is 70.4 Å². The SMILES string of the molecule is C=C1C=C2CC[C@@H]3[C@H](C(=O)C[C@@]4(C)[C@H]3CC[C@]4(O)C(=O)CO)[C@@]2(C)CC1.C[C@]12C=CC(=O)C=C1CC[C@@H]1[C@@H]2C(=O)C[C@@]2(C)[C@H]1CC[C@]2(O)C(=O)CO.Cn1cc2c(n1)C=C1CC[C@@H]3[C@H](C(=O)C[C@@]4(C)[C@H]3CC[C@]4(O)C(=O)CO)[C@@]1(C)C2.Cn1ncc2c1C=C1CC[C@@H]3[C@H](C(=O)C[C@@]4(C)[C@H]3CC[C@]4(O)C(=O)CO)[C@@]1(C)C2. The predicted molar refractivity (Wildman–Crippen MR) is 406 cm³/mol. The summed E-state index contributed by atoms with van der Waals surface area (Å²) < 4.78 is 3.75. The topological polar surface area (TPSA) is 351 Å².